The number of anilines is 3. The number of carbonyl (C=O) groups is 1. The zero-order chi connectivity index (χ0) is 21.7. The van der Waals surface area contributed by atoms with Crippen LogP contribution < -0.4 is 10.2 Å². The van der Waals surface area contributed by atoms with E-state index >= 15 is 0 Å². The van der Waals surface area contributed by atoms with Crippen LogP contribution in [-0.4, -0.2) is 46.8 Å². The minimum absolute atomic E-state index is 0.0215. The van der Waals surface area contributed by atoms with E-state index in [1.807, 2.05) is 0 Å². The molecule has 0 spiro atoms. The summed E-state index contributed by atoms with van der Waals surface area (Å²) in [7, 11) is 0. The molecule has 1 saturated heterocycles. The highest BCUT2D eigenvalue weighted by molar-refractivity contribution is 6.35. The van der Waals surface area contributed by atoms with E-state index in [1.54, 1.807) is 30.0 Å². The molecule has 160 valence electrons. The van der Waals surface area contributed by atoms with Crippen LogP contribution in [0.2, 0.25) is 10.0 Å². The van der Waals surface area contributed by atoms with Gasteiger partial charge in [0.1, 0.15) is 12.4 Å². The predicted molar refractivity (Wildman–Crippen MR) is 112 cm³/mol. The smallest absolute Gasteiger partial charge is 0.435 e. The molecule has 1 aliphatic rings. The first-order valence-corrected chi connectivity index (χ1v) is 9.93. The average Bonchev–Trinajstić information content (AvgIpc) is 2.67. The van der Waals surface area contributed by atoms with Crippen LogP contribution in [0.5, 0.6) is 0 Å². The number of hydrogen-bond donors (Lipinski definition) is 1. The molecule has 0 bridgehead atoms. The SMILES string of the molecule is CCOC(=O)OC1CCN(c2ncnc(Nc3cc(Cl)cc(Cl)c3)c2[N+](=O)[O-])CC1. The Hall–Kier alpha value is -2.85. The van der Waals surface area contributed by atoms with Gasteiger partial charge in [-0.1, -0.05) is 23.2 Å². The number of ether oxygens (including phenoxy) is 2. The monoisotopic (exact) mass is 455 g/mol. The third kappa shape index (κ3) is 5.39. The van der Waals surface area contributed by atoms with Gasteiger partial charge >= 0.3 is 11.8 Å². The molecule has 30 heavy (non-hydrogen) atoms. The van der Waals surface area contributed by atoms with Gasteiger partial charge in [0.25, 0.3) is 0 Å². The highest BCUT2D eigenvalue weighted by Crippen LogP contribution is 2.36. The normalized spacial score (nSPS) is 14.3. The van der Waals surface area contributed by atoms with Crippen molar-refractivity contribution in [1.29, 1.82) is 0 Å². The predicted octanol–water partition coefficient (Wildman–Crippen LogP) is 4.58. The summed E-state index contributed by atoms with van der Waals surface area (Å²) in [5.74, 6) is 0.202. The van der Waals surface area contributed by atoms with Crippen molar-refractivity contribution in [2.45, 2.75) is 25.9 Å². The number of nitrogens with one attached hydrogen (secondary N) is 1. The van der Waals surface area contributed by atoms with Crippen LogP contribution in [-0.2, 0) is 9.47 Å². The summed E-state index contributed by atoms with van der Waals surface area (Å²) >= 11 is 12.0. The zero-order valence-electron chi connectivity index (χ0n) is 16.0. The first-order chi connectivity index (χ1) is 14.4. The van der Waals surface area contributed by atoms with E-state index in [9.17, 15) is 14.9 Å². The lowest BCUT2D eigenvalue weighted by Gasteiger charge is -2.31. The zero-order valence-corrected chi connectivity index (χ0v) is 17.5. The van der Waals surface area contributed by atoms with E-state index in [4.69, 9.17) is 32.7 Å². The summed E-state index contributed by atoms with van der Waals surface area (Å²) in [5, 5.41) is 15.5. The Morgan fingerprint density at radius 3 is 2.53 bits per heavy atom. The van der Waals surface area contributed by atoms with E-state index in [0.29, 0.717) is 41.7 Å². The Balaban J connectivity index is 1.78. The lowest BCUT2D eigenvalue weighted by atomic mass is 10.1. The summed E-state index contributed by atoms with van der Waals surface area (Å²) in [6, 6.07) is 4.71. The molecular weight excluding hydrogens is 437 g/mol. The molecule has 1 aromatic heterocycles. The fraction of sp³-hybridized carbons (Fsp3) is 0.389. The first kappa shape index (κ1) is 21.8. The molecular formula is C18H19Cl2N5O5. The van der Waals surface area contributed by atoms with Crippen molar-refractivity contribution in [1.82, 2.24) is 9.97 Å². The fourth-order valence-corrected chi connectivity index (χ4v) is 3.62. The van der Waals surface area contributed by atoms with Crippen molar-refractivity contribution in [2.24, 2.45) is 0 Å². The molecule has 12 heteroatoms. The second-order valence-electron chi connectivity index (χ2n) is 6.42. The van der Waals surface area contributed by atoms with Crippen LogP contribution in [0.25, 0.3) is 0 Å². The lowest BCUT2D eigenvalue weighted by Crippen LogP contribution is -2.38. The Morgan fingerprint density at radius 1 is 1.27 bits per heavy atom. The van der Waals surface area contributed by atoms with Crippen molar-refractivity contribution < 1.29 is 19.2 Å². The number of hydrogen-bond acceptors (Lipinski definition) is 9. The highest BCUT2D eigenvalue weighted by Gasteiger charge is 2.31. The maximum Gasteiger partial charge on any atom is 0.508 e. The minimum Gasteiger partial charge on any atom is -0.435 e. The van der Waals surface area contributed by atoms with Gasteiger partial charge in [0.05, 0.1) is 11.5 Å². The van der Waals surface area contributed by atoms with Gasteiger partial charge in [0.15, 0.2) is 0 Å². The quantitative estimate of drug-likeness (QED) is 0.378. The molecule has 0 radical (unpaired) electrons. The third-order valence-corrected chi connectivity index (χ3v) is 4.81. The van der Waals surface area contributed by atoms with E-state index in [0.717, 1.165) is 0 Å². The van der Waals surface area contributed by atoms with Crippen LogP contribution in [0.1, 0.15) is 19.8 Å². The van der Waals surface area contributed by atoms with Gasteiger partial charge in [-0.25, -0.2) is 14.8 Å². The molecule has 1 fully saturated rings. The third-order valence-electron chi connectivity index (χ3n) is 4.38. The second-order valence-corrected chi connectivity index (χ2v) is 7.29. The molecule has 3 rings (SSSR count). The molecule has 0 amide bonds. The maximum atomic E-state index is 11.8. The minimum atomic E-state index is -0.712. The molecule has 2 heterocycles. The van der Waals surface area contributed by atoms with Gasteiger partial charge in [-0.15, -0.1) is 0 Å². The van der Waals surface area contributed by atoms with Crippen LogP contribution in [0.15, 0.2) is 24.5 Å². The van der Waals surface area contributed by atoms with Crippen LogP contribution in [0.4, 0.5) is 27.8 Å². The van der Waals surface area contributed by atoms with Crippen LogP contribution in [0, 0.1) is 10.1 Å². The largest absolute Gasteiger partial charge is 0.508 e. The second kappa shape index (κ2) is 9.77. The Bertz CT molecular complexity index is 917. The summed E-state index contributed by atoms with van der Waals surface area (Å²) in [6.07, 6.45) is 1.21. The van der Waals surface area contributed by atoms with Crippen molar-refractivity contribution in [2.75, 3.05) is 29.9 Å². The Labute approximate surface area is 182 Å². The maximum absolute atomic E-state index is 11.8. The standard InChI is InChI=1S/C18H19Cl2N5O5/c1-2-29-18(26)30-14-3-5-24(6-4-14)17-15(25(27)28)16(21-10-22-17)23-13-8-11(19)7-12(20)9-13/h7-10,14H,2-6H2,1H3,(H,21,22,23). The molecule has 0 saturated carbocycles. The number of halogens is 2. The van der Waals surface area contributed by atoms with Crippen molar-refractivity contribution in [3.05, 3.63) is 44.7 Å². The van der Waals surface area contributed by atoms with Crippen molar-refractivity contribution in [3.63, 3.8) is 0 Å². The summed E-state index contributed by atoms with van der Waals surface area (Å²) in [4.78, 5) is 32.7. The summed E-state index contributed by atoms with van der Waals surface area (Å²) in [5.41, 5.74) is 0.195. The van der Waals surface area contributed by atoms with E-state index in [-0.39, 0.29) is 30.0 Å². The number of benzene rings is 1. The number of aromatic nitrogens is 2. The molecule has 0 aliphatic carbocycles. The summed E-state index contributed by atoms with van der Waals surface area (Å²) in [6.45, 7) is 2.77. The molecule has 0 unspecified atom stereocenters. The molecule has 1 aliphatic heterocycles. The van der Waals surface area contributed by atoms with Gasteiger partial charge in [-0.2, -0.15) is 0 Å². The number of carbonyl (C=O) groups excluding carboxylic acids is 1. The van der Waals surface area contributed by atoms with Gasteiger partial charge in [0, 0.05) is 41.7 Å². The van der Waals surface area contributed by atoms with Crippen molar-refractivity contribution in [3.8, 4) is 0 Å². The van der Waals surface area contributed by atoms with E-state index in [1.165, 1.54) is 6.33 Å². The van der Waals surface area contributed by atoms with Gasteiger partial charge in [0.2, 0.25) is 11.6 Å². The topological polar surface area (TPSA) is 120 Å². The van der Waals surface area contributed by atoms with Crippen LogP contribution >= 0.6 is 23.2 Å². The number of piperidine rings is 1. The van der Waals surface area contributed by atoms with E-state index in [2.05, 4.69) is 15.3 Å². The van der Waals surface area contributed by atoms with Crippen molar-refractivity contribution >= 4 is 52.4 Å². The highest BCUT2D eigenvalue weighted by atomic mass is 35.5. The molecule has 1 N–H and O–H groups in total. The molecule has 0 atom stereocenters. The fourth-order valence-electron chi connectivity index (χ4n) is 3.10. The lowest BCUT2D eigenvalue weighted by molar-refractivity contribution is -0.383. The molecule has 2 aromatic rings. The number of nitro groups is 1. The van der Waals surface area contributed by atoms with Gasteiger partial charge < -0.3 is 19.7 Å². The van der Waals surface area contributed by atoms with Gasteiger partial charge in [-0.05, 0) is 25.1 Å². The Kier molecular flexibility index (Phi) is 7.11. The Morgan fingerprint density at radius 2 is 1.93 bits per heavy atom. The molecule has 1 aromatic carbocycles. The van der Waals surface area contributed by atoms with E-state index < -0.39 is 11.1 Å². The number of rotatable bonds is 6. The summed E-state index contributed by atoms with van der Waals surface area (Å²) < 4.78 is 10.0. The average molecular weight is 456 g/mol. The molecule has 10 nitrogen and oxygen atoms in total. The van der Waals surface area contributed by atoms with Gasteiger partial charge in [-0.3, -0.25) is 10.1 Å². The number of nitrogens with zero attached hydrogens (tertiary/aromatic N) is 4. The van der Waals surface area contributed by atoms with Crippen LogP contribution in [0.3, 0.4) is 0 Å². The first-order valence-electron chi connectivity index (χ1n) is 9.18.